The van der Waals surface area contributed by atoms with E-state index >= 15 is 0 Å². The summed E-state index contributed by atoms with van der Waals surface area (Å²) in [7, 11) is 0. The van der Waals surface area contributed by atoms with Gasteiger partial charge in [-0.15, -0.1) is 0 Å². The molecule has 1 nitrogen and oxygen atoms in total. The van der Waals surface area contributed by atoms with Gasteiger partial charge < -0.3 is 5.11 Å². The second-order valence-electron chi connectivity index (χ2n) is 5.28. The monoisotopic (exact) mass is 186 g/mol. The van der Waals surface area contributed by atoms with Crippen LogP contribution in [0.3, 0.4) is 0 Å². The molecule has 2 bridgehead atoms. The Morgan fingerprint density at radius 3 is 2.17 bits per heavy atom. The van der Waals surface area contributed by atoms with E-state index in [9.17, 15) is 5.11 Å². The van der Waals surface area contributed by atoms with E-state index in [1.807, 2.05) is 0 Å². The summed E-state index contributed by atoms with van der Waals surface area (Å²) in [4.78, 5) is 0. The van der Waals surface area contributed by atoms with Crippen LogP contribution in [0, 0.1) is 17.3 Å². The summed E-state index contributed by atoms with van der Waals surface area (Å²) >= 11 is 4.61. The number of fused-ring (bicyclic) bond motifs is 2. The summed E-state index contributed by atoms with van der Waals surface area (Å²) in [6, 6.07) is 0. The summed E-state index contributed by atoms with van der Waals surface area (Å²) < 4.78 is -0.155. The molecule has 2 heteroatoms. The fraction of sp³-hybridized carbons (Fsp3) is 1.00. The van der Waals surface area contributed by atoms with Crippen LogP contribution in [-0.2, 0) is 0 Å². The molecule has 0 aromatic rings. The molecule has 0 radical (unpaired) electrons. The Balaban J connectivity index is 2.27. The van der Waals surface area contributed by atoms with Gasteiger partial charge >= 0.3 is 0 Å². The summed E-state index contributed by atoms with van der Waals surface area (Å²) in [5, 5.41) is 9.79. The number of rotatable bonds is 0. The molecule has 0 aromatic carbocycles. The van der Waals surface area contributed by atoms with Crippen LogP contribution in [0.4, 0.5) is 0 Å². The molecule has 0 unspecified atom stereocenters. The molecule has 0 aliphatic heterocycles. The van der Waals surface area contributed by atoms with E-state index in [1.165, 1.54) is 6.42 Å². The molecule has 0 spiro atoms. The van der Waals surface area contributed by atoms with Gasteiger partial charge in [0.05, 0.1) is 6.10 Å². The fourth-order valence-corrected chi connectivity index (χ4v) is 3.69. The highest BCUT2D eigenvalue weighted by molar-refractivity contribution is 7.81. The van der Waals surface area contributed by atoms with E-state index in [0.29, 0.717) is 11.3 Å². The number of hydrogen-bond acceptors (Lipinski definition) is 2. The Morgan fingerprint density at radius 2 is 1.83 bits per heavy atom. The van der Waals surface area contributed by atoms with Crippen molar-refractivity contribution in [1.82, 2.24) is 0 Å². The number of thiol groups is 1. The van der Waals surface area contributed by atoms with Crippen LogP contribution in [0.5, 0.6) is 0 Å². The normalized spacial score (nSPS) is 56.2. The lowest BCUT2D eigenvalue weighted by Crippen LogP contribution is -2.64. The predicted octanol–water partition coefficient (Wildman–Crippen LogP) is 2.10. The zero-order chi connectivity index (χ0) is 9.15. The van der Waals surface area contributed by atoms with Crippen molar-refractivity contribution >= 4 is 12.6 Å². The van der Waals surface area contributed by atoms with E-state index in [1.54, 1.807) is 0 Å². The minimum Gasteiger partial charge on any atom is -0.392 e. The van der Waals surface area contributed by atoms with Crippen molar-refractivity contribution in [1.29, 1.82) is 0 Å². The van der Waals surface area contributed by atoms with Crippen LogP contribution < -0.4 is 0 Å². The largest absolute Gasteiger partial charge is 0.392 e. The highest BCUT2D eigenvalue weighted by atomic mass is 32.1. The zero-order valence-electron chi connectivity index (χ0n) is 8.04. The van der Waals surface area contributed by atoms with Crippen molar-refractivity contribution in [2.45, 2.75) is 44.5 Å². The molecule has 3 fully saturated rings. The number of aliphatic hydroxyl groups excluding tert-OH is 1. The Morgan fingerprint density at radius 1 is 1.25 bits per heavy atom. The van der Waals surface area contributed by atoms with Crippen LogP contribution in [0.2, 0.25) is 0 Å². The maximum absolute atomic E-state index is 9.79. The Kier molecular flexibility index (Phi) is 1.64. The van der Waals surface area contributed by atoms with Gasteiger partial charge in [-0.3, -0.25) is 0 Å². The van der Waals surface area contributed by atoms with Gasteiger partial charge in [-0.2, -0.15) is 12.6 Å². The first-order valence-corrected chi connectivity index (χ1v) is 5.22. The van der Waals surface area contributed by atoms with Crippen LogP contribution >= 0.6 is 12.6 Å². The maximum Gasteiger partial charge on any atom is 0.0687 e. The third kappa shape index (κ3) is 0.856. The quantitative estimate of drug-likeness (QED) is 0.555. The molecule has 4 atom stereocenters. The molecule has 3 saturated carbocycles. The number of aliphatic hydroxyl groups is 1. The first kappa shape index (κ1) is 8.89. The van der Waals surface area contributed by atoms with E-state index < -0.39 is 0 Å². The molecule has 0 saturated heterocycles. The second kappa shape index (κ2) is 2.21. The van der Waals surface area contributed by atoms with Gasteiger partial charge in [0.1, 0.15) is 0 Å². The van der Waals surface area contributed by atoms with Crippen molar-refractivity contribution in [3.05, 3.63) is 0 Å². The lowest BCUT2D eigenvalue weighted by molar-refractivity contribution is -0.138. The Hall–Kier alpha value is 0.310. The third-order valence-electron chi connectivity index (χ3n) is 4.36. The van der Waals surface area contributed by atoms with Crippen molar-refractivity contribution in [2.75, 3.05) is 0 Å². The van der Waals surface area contributed by atoms with E-state index in [2.05, 4.69) is 33.4 Å². The summed E-state index contributed by atoms with van der Waals surface area (Å²) in [5.41, 5.74) is 0.412. The van der Waals surface area contributed by atoms with Gasteiger partial charge in [-0.25, -0.2) is 0 Å². The van der Waals surface area contributed by atoms with Crippen molar-refractivity contribution in [3.8, 4) is 0 Å². The first-order valence-electron chi connectivity index (χ1n) is 4.77. The molecule has 3 aliphatic carbocycles. The average Bonchev–Trinajstić information content (AvgIpc) is 1.93. The molecule has 70 valence electrons. The molecule has 3 rings (SSSR count). The van der Waals surface area contributed by atoms with Gasteiger partial charge in [0.25, 0.3) is 0 Å². The summed E-state index contributed by atoms with van der Waals surface area (Å²) in [6.45, 7) is 6.71. The average molecular weight is 186 g/mol. The van der Waals surface area contributed by atoms with Gasteiger partial charge in [0.2, 0.25) is 0 Å². The van der Waals surface area contributed by atoms with E-state index in [0.717, 1.165) is 12.3 Å². The topological polar surface area (TPSA) is 20.2 Å². The van der Waals surface area contributed by atoms with Crippen LogP contribution in [0.25, 0.3) is 0 Å². The van der Waals surface area contributed by atoms with E-state index in [4.69, 9.17) is 0 Å². The maximum atomic E-state index is 9.79. The van der Waals surface area contributed by atoms with Crippen molar-refractivity contribution < 1.29 is 5.11 Å². The predicted molar refractivity (Wildman–Crippen MR) is 53.4 cm³/mol. The standard InChI is InChI=1S/C10H18OS/c1-9(2)6-4-7(9)10(3,12)8(11)5-6/h6-8,11-12H,4-5H2,1-3H3/t6-,7-,8-,10+/m1/s1. The van der Waals surface area contributed by atoms with Crippen LogP contribution in [0.15, 0.2) is 0 Å². The lowest BCUT2D eigenvalue weighted by Gasteiger charge is -2.64. The molecule has 0 aromatic heterocycles. The molecule has 3 aliphatic rings. The van der Waals surface area contributed by atoms with Gasteiger partial charge in [0, 0.05) is 4.75 Å². The molecule has 12 heavy (non-hydrogen) atoms. The lowest BCUT2D eigenvalue weighted by atomic mass is 9.45. The second-order valence-corrected chi connectivity index (χ2v) is 6.25. The molecule has 0 heterocycles. The van der Waals surface area contributed by atoms with Gasteiger partial charge in [0.15, 0.2) is 0 Å². The van der Waals surface area contributed by atoms with Crippen LogP contribution in [0.1, 0.15) is 33.6 Å². The number of hydrogen-bond donors (Lipinski definition) is 2. The van der Waals surface area contributed by atoms with Gasteiger partial charge in [-0.1, -0.05) is 13.8 Å². The van der Waals surface area contributed by atoms with Crippen LogP contribution in [-0.4, -0.2) is 16.0 Å². The fourth-order valence-electron chi connectivity index (χ4n) is 3.15. The first-order chi connectivity index (χ1) is 5.37. The summed E-state index contributed by atoms with van der Waals surface area (Å²) in [5.74, 6) is 1.33. The van der Waals surface area contributed by atoms with Gasteiger partial charge in [-0.05, 0) is 37.0 Å². The highest BCUT2D eigenvalue weighted by Crippen LogP contribution is 2.64. The molecular weight excluding hydrogens is 168 g/mol. The van der Waals surface area contributed by atoms with Crippen molar-refractivity contribution in [2.24, 2.45) is 17.3 Å². The molecule has 1 N–H and O–H groups in total. The smallest absolute Gasteiger partial charge is 0.0687 e. The Bertz CT molecular complexity index is 210. The summed E-state index contributed by atoms with van der Waals surface area (Å²) in [6.07, 6.45) is 2.02. The molecule has 0 amide bonds. The van der Waals surface area contributed by atoms with E-state index in [-0.39, 0.29) is 10.9 Å². The van der Waals surface area contributed by atoms with Crippen molar-refractivity contribution in [3.63, 3.8) is 0 Å². The third-order valence-corrected chi connectivity index (χ3v) is 4.97. The minimum atomic E-state index is -0.197. The SMILES string of the molecule is CC1(C)[C@H]2C[C@@H](O)[C@@](C)(S)[C@@H]1C2. The zero-order valence-corrected chi connectivity index (χ0v) is 8.94. The minimum absolute atomic E-state index is 0.155. The Labute approximate surface area is 80.0 Å². The molecular formula is C10H18OS. The highest BCUT2D eigenvalue weighted by Gasteiger charge is 2.61.